The van der Waals surface area contributed by atoms with Crippen LogP contribution < -0.4 is 30.7 Å². The number of aromatic amines is 1. The molecule has 0 spiro atoms. The van der Waals surface area contributed by atoms with E-state index in [9.17, 15) is 41.1 Å². The van der Waals surface area contributed by atoms with Crippen molar-refractivity contribution in [3.8, 4) is 5.75 Å². The number of nitrogens with one attached hydrogen (secondary N) is 6. The van der Waals surface area contributed by atoms with Crippen LogP contribution in [0.5, 0.6) is 5.75 Å². The Bertz CT molecular complexity index is 2240. The number of carbonyl (C=O) groups is 4. The number of nitrogens with zero attached hydrogens (tertiary/aromatic N) is 3. The Kier molecular flexibility index (Phi) is 15.5. The van der Waals surface area contributed by atoms with Crippen molar-refractivity contribution < 1.29 is 50.4 Å². The molecule has 4 aromatic rings. The average Bonchev–Trinajstić information content (AvgIpc) is 3.80. The van der Waals surface area contributed by atoms with Crippen LogP contribution in [0.2, 0.25) is 0 Å². The molecule has 57 heavy (non-hydrogen) atoms. The van der Waals surface area contributed by atoms with Crippen LogP contribution in [0.15, 0.2) is 53.8 Å². The fraction of sp³-hybridized carbons (Fsp3) is 0.429. The molecule has 0 saturated carbocycles. The number of ether oxygens (including phenoxy) is 1. The SMILES string of the molecule is Cc1cc(OCCCC(=O)NCCNC(=O)[C@@H](C)CS(=O)(=O)O)cc(C)c1S(=O)(=O)N[C@@H](CNC(=O)c1ccc2c(cnn2CCCNc2ncc[nH]2)c1)C(=O)O. The zero-order chi connectivity index (χ0) is 41.8. The highest BCUT2D eigenvalue weighted by Crippen LogP contribution is 2.26. The molecule has 0 bridgehead atoms. The van der Waals surface area contributed by atoms with Gasteiger partial charge in [-0.1, -0.05) is 6.92 Å². The van der Waals surface area contributed by atoms with Gasteiger partial charge in [-0.25, -0.2) is 13.4 Å². The number of hydrogen-bond donors (Lipinski definition) is 8. The molecule has 8 N–H and O–H groups in total. The molecule has 4 rings (SSSR count). The minimum absolute atomic E-state index is 0.0555. The summed E-state index contributed by atoms with van der Waals surface area (Å²) in [5.74, 6) is -3.67. The summed E-state index contributed by atoms with van der Waals surface area (Å²) in [6, 6.07) is 6.19. The molecular formula is C35H47N9O11S2. The van der Waals surface area contributed by atoms with Crippen LogP contribution in [0.25, 0.3) is 10.9 Å². The second-order valence-electron chi connectivity index (χ2n) is 13.2. The van der Waals surface area contributed by atoms with Crippen LogP contribution in [0, 0.1) is 19.8 Å². The summed E-state index contributed by atoms with van der Waals surface area (Å²) in [6.45, 7) is 5.40. The van der Waals surface area contributed by atoms with Gasteiger partial charge < -0.3 is 36.1 Å². The van der Waals surface area contributed by atoms with E-state index in [-0.39, 0.29) is 53.6 Å². The van der Waals surface area contributed by atoms with Crippen molar-refractivity contribution in [2.75, 3.05) is 43.9 Å². The molecule has 0 aliphatic carbocycles. The third kappa shape index (κ3) is 13.5. The Morgan fingerprint density at radius 2 is 1.68 bits per heavy atom. The summed E-state index contributed by atoms with van der Waals surface area (Å²) < 4.78 is 67.3. The van der Waals surface area contributed by atoms with E-state index in [0.717, 1.165) is 11.9 Å². The van der Waals surface area contributed by atoms with Crippen LogP contribution in [0.4, 0.5) is 5.95 Å². The molecule has 2 aromatic heterocycles. The van der Waals surface area contributed by atoms with Gasteiger partial charge in [-0.15, -0.1) is 0 Å². The van der Waals surface area contributed by atoms with E-state index in [0.29, 0.717) is 36.6 Å². The molecule has 310 valence electrons. The molecule has 20 nitrogen and oxygen atoms in total. The standard InChI is InChI=1S/C35H47N9O11S2/c1-22-16-27(55-15-4-6-30(45)36-10-11-37-32(46)24(3)21-56(50,51)52)17-23(2)31(22)57(53,54)43-28(34(48)49)20-41-33(47)25-7-8-29-26(18-25)19-42-44(29)14-5-9-38-35-39-12-13-40-35/h7-8,12-13,16-19,24,28,43H,4-6,9-11,14-15,20-21H2,1-3H3,(H,36,45)(H,37,46)(H,41,47)(H,48,49)(H2,38,39,40)(H,50,51,52)/t24-,28-/m0/s1. The summed E-state index contributed by atoms with van der Waals surface area (Å²) in [6.07, 6.45) is 6.14. The summed E-state index contributed by atoms with van der Waals surface area (Å²) >= 11 is 0. The number of carbonyl (C=O) groups excluding carboxylic acids is 3. The molecule has 0 saturated heterocycles. The largest absolute Gasteiger partial charge is 0.494 e. The molecule has 2 aromatic carbocycles. The van der Waals surface area contributed by atoms with Gasteiger partial charge in [0.15, 0.2) is 5.95 Å². The smallest absolute Gasteiger partial charge is 0.323 e. The Morgan fingerprint density at radius 3 is 2.35 bits per heavy atom. The van der Waals surface area contributed by atoms with Crippen molar-refractivity contribution in [2.45, 2.75) is 57.5 Å². The topological polar surface area (TPSA) is 293 Å². The lowest BCUT2D eigenvalue weighted by atomic mass is 10.1. The number of anilines is 1. The van der Waals surface area contributed by atoms with E-state index < -0.39 is 62.2 Å². The maximum absolute atomic E-state index is 13.4. The predicted molar refractivity (Wildman–Crippen MR) is 208 cm³/mol. The number of amides is 3. The number of sulfonamides is 1. The van der Waals surface area contributed by atoms with E-state index in [2.05, 4.69) is 41.1 Å². The van der Waals surface area contributed by atoms with Gasteiger partial charge in [0.1, 0.15) is 11.8 Å². The number of aromatic nitrogens is 4. The van der Waals surface area contributed by atoms with Gasteiger partial charge in [0.05, 0.1) is 34.9 Å². The lowest BCUT2D eigenvalue weighted by Gasteiger charge is -2.19. The summed E-state index contributed by atoms with van der Waals surface area (Å²) in [5.41, 5.74) is 1.60. The number of benzene rings is 2. The number of carboxylic acids is 1. The Hall–Kier alpha value is -5.58. The molecular weight excluding hydrogens is 787 g/mol. The number of fused-ring (bicyclic) bond motifs is 1. The number of carboxylic acid groups (broad SMARTS) is 1. The molecule has 0 aliphatic rings. The second kappa shape index (κ2) is 20.0. The molecule has 3 amide bonds. The molecule has 0 aliphatic heterocycles. The van der Waals surface area contributed by atoms with E-state index in [4.69, 9.17) is 9.29 Å². The van der Waals surface area contributed by atoms with Crippen molar-refractivity contribution in [3.05, 3.63) is 65.6 Å². The Morgan fingerprint density at radius 1 is 0.965 bits per heavy atom. The van der Waals surface area contributed by atoms with Gasteiger partial charge in [-0.05, 0) is 68.1 Å². The summed E-state index contributed by atoms with van der Waals surface area (Å²) in [7, 11) is -8.68. The van der Waals surface area contributed by atoms with Gasteiger partial charge in [-0.2, -0.15) is 18.2 Å². The first kappa shape index (κ1) is 44.1. The zero-order valence-corrected chi connectivity index (χ0v) is 33.2. The van der Waals surface area contributed by atoms with Crippen LogP contribution in [0.1, 0.15) is 47.7 Å². The lowest BCUT2D eigenvalue weighted by molar-refractivity contribution is -0.138. The number of H-pyrrole nitrogens is 1. The normalized spacial score (nSPS) is 12.8. The Balaban J connectivity index is 1.23. The molecule has 0 radical (unpaired) electrons. The molecule has 0 unspecified atom stereocenters. The van der Waals surface area contributed by atoms with Gasteiger partial charge >= 0.3 is 5.97 Å². The van der Waals surface area contributed by atoms with Gasteiger partial charge in [0.2, 0.25) is 21.8 Å². The lowest BCUT2D eigenvalue weighted by Crippen LogP contribution is -2.48. The van der Waals surface area contributed by atoms with E-state index in [1.54, 1.807) is 41.5 Å². The quantitative estimate of drug-likeness (QED) is 0.0382. The number of rotatable bonds is 23. The Labute approximate surface area is 329 Å². The highest BCUT2D eigenvalue weighted by atomic mass is 32.2. The average molecular weight is 834 g/mol. The third-order valence-electron chi connectivity index (χ3n) is 8.48. The van der Waals surface area contributed by atoms with Crippen molar-refractivity contribution in [1.82, 2.24) is 40.4 Å². The van der Waals surface area contributed by atoms with Crippen molar-refractivity contribution in [3.63, 3.8) is 0 Å². The highest BCUT2D eigenvalue weighted by Gasteiger charge is 2.29. The first-order valence-corrected chi connectivity index (χ1v) is 21.0. The number of aliphatic carboxylic acids is 1. The van der Waals surface area contributed by atoms with Crippen LogP contribution in [-0.2, 0) is 41.1 Å². The molecule has 2 heterocycles. The number of hydrogen-bond acceptors (Lipinski definition) is 12. The minimum Gasteiger partial charge on any atom is -0.494 e. The fourth-order valence-corrected chi connectivity index (χ4v) is 8.23. The maximum Gasteiger partial charge on any atom is 0.323 e. The summed E-state index contributed by atoms with van der Waals surface area (Å²) in [5, 5.41) is 25.7. The fourth-order valence-electron chi connectivity index (χ4n) is 5.81. The monoisotopic (exact) mass is 833 g/mol. The molecule has 0 fully saturated rings. The van der Waals surface area contributed by atoms with E-state index in [1.807, 2.05) is 0 Å². The van der Waals surface area contributed by atoms with Crippen molar-refractivity contribution >= 4 is 60.7 Å². The first-order chi connectivity index (χ1) is 26.9. The van der Waals surface area contributed by atoms with E-state index in [1.165, 1.54) is 32.9 Å². The first-order valence-electron chi connectivity index (χ1n) is 17.9. The second-order valence-corrected chi connectivity index (χ2v) is 16.4. The number of aryl methyl sites for hydroxylation is 3. The van der Waals surface area contributed by atoms with Gasteiger partial charge in [0, 0.05) is 62.5 Å². The minimum atomic E-state index is -4.39. The van der Waals surface area contributed by atoms with Crippen molar-refractivity contribution in [1.29, 1.82) is 0 Å². The van der Waals surface area contributed by atoms with Gasteiger partial charge in [-0.3, -0.25) is 28.4 Å². The molecule has 22 heteroatoms. The maximum atomic E-state index is 13.4. The predicted octanol–water partition coefficient (Wildman–Crippen LogP) is 0.955. The van der Waals surface area contributed by atoms with Crippen LogP contribution in [-0.4, -0.2) is 115 Å². The number of imidazole rings is 1. The van der Waals surface area contributed by atoms with E-state index >= 15 is 0 Å². The highest BCUT2D eigenvalue weighted by molar-refractivity contribution is 7.89. The molecule has 2 atom stereocenters. The van der Waals surface area contributed by atoms with Crippen molar-refractivity contribution in [2.24, 2.45) is 5.92 Å². The zero-order valence-electron chi connectivity index (χ0n) is 31.6. The van der Waals surface area contributed by atoms with Crippen LogP contribution >= 0.6 is 0 Å². The third-order valence-corrected chi connectivity index (χ3v) is 11.2. The van der Waals surface area contributed by atoms with Gasteiger partial charge in [0.25, 0.3) is 16.0 Å². The summed E-state index contributed by atoms with van der Waals surface area (Å²) in [4.78, 5) is 56.1. The van der Waals surface area contributed by atoms with Crippen LogP contribution in [0.3, 0.4) is 0 Å².